The van der Waals surface area contributed by atoms with Crippen molar-refractivity contribution in [2.45, 2.75) is 27.0 Å². The topological polar surface area (TPSA) is 70.2 Å². The lowest BCUT2D eigenvalue weighted by atomic mass is 10.1. The van der Waals surface area contributed by atoms with Crippen LogP contribution in [0.4, 0.5) is 5.69 Å². The van der Waals surface area contributed by atoms with E-state index in [1.165, 1.54) is 0 Å². The Kier molecular flexibility index (Phi) is 5.08. The molecule has 1 aromatic heterocycles. The highest BCUT2D eigenvalue weighted by molar-refractivity contribution is 5.51. The number of nitriles is 1. The second-order valence-electron chi connectivity index (χ2n) is 5.08. The Morgan fingerprint density at radius 2 is 2.09 bits per heavy atom. The number of aromatic nitrogens is 1. The first-order valence-corrected chi connectivity index (χ1v) is 7.26. The molecule has 1 aromatic carbocycles. The average Bonchev–Trinajstić information content (AvgIpc) is 2.81. The Labute approximate surface area is 130 Å². The number of benzene rings is 1. The van der Waals surface area contributed by atoms with E-state index in [1.807, 2.05) is 49.7 Å². The summed E-state index contributed by atoms with van der Waals surface area (Å²) in [5.41, 5.74) is 4.47. The van der Waals surface area contributed by atoms with Crippen molar-refractivity contribution in [3.05, 3.63) is 46.8 Å². The quantitative estimate of drug-likeness (QED) is 0.860. The van der Waals surface area contributed by atoms with E-state index in [0.717, 1.165) is 22.5 Å². The van der Waals surface area contributed by atoms with E-state index in [-0.39, 0.29) is 6.61 Å². The molecule has 0 saturated heterocycles. The monoisotopic (exact) mass is 299 g/mol. The van der Waals surface area contributed by atoms with Gasteiger partial charge < -0.3 is 19.7 Å². The van der Waals surface area contributed by atoms with Crippen LogP contribution in [0.1, 0.15) is 29.4 Å². The van der Waals surface area contributed by atoms with Gasteiger partial charge in [0.15, 0.2) is 0 Å². The maximum atomic E-state index is 9.42. The molecule has 116 valence electrons. The molecule has 0 aliphatic rings. The zero-order valence-electron chi connectivity index (χ0n) is 13.2. The molecule has 2 N–H and O–H groups in total. The first kappa shape index (κ1) is 15.9. The van der Waals surface area contributed by atoms with E-state index in [4.69, 9.17) is 10.00 Å². The van der Waals surface area contributed by atoms with Crippen molar-refractivity contribution in [1.82, 2.24) is 4.57 Å². The van der Waals surface area contributed by atoms with Gasteiger partial charge in [-0.2, -0.15) is 5.26 Å². The molecule has 0 bridgehead atoms. The maximum absolute atomic E-state index is 9.42. The van der Waals surface area contributed by atoms with Crippen LogP contribution < -0.4 is 10.1 Å². The van der Waals surface area contributed by atoms with E-state index in [9.17, 15) is 5.11 Å². The van der Waals surface area contributed by atoms with Gasteiger partial charge in [0, 0.05) is 30.5 Å². The zero-order valence-corrected chi connectivity index (χ0v) is 13.2. The van der Waals surface area contributed by atoms with Crippen LogP contribution in [0.2, 0.25) is 0 Å². The fraction of sp³-hybridized carbons (Fsp3) is 0.353. The number of aliphatic hydroxyl groups excluding tert-OH is 1. The van der Waals surface area contributed by atoms with E-state index < -0.39 is 0 Å². The molecule has 2 rings (SSSR count). The first-order chi connectivity index (χ1) is 10.6. The van der Waals surface area contributed by atoms with Gasteiger partial charge in [-0.1, -0.05) is 0 Å². The SMILES string of the molecule is CCOc1ccc(NCc2cc(C#N)n(C)c2C)cc1CO. The fourth-order valence-corrected chi connectivity index (χ4v) is 2.36. The van der Waals surface area contributed by atoms with Crippen LogP contribution in [-0.2, 0) is 20.2 Å². The minimum absolute atomic E-state index is 0.0617. The summed E-state index contributed by atoms with van der Waals surface area (Å²) in [5.74, 6) is 0.707. The average molecular weight is 299 g/mol. The van der Waals surface area contributed by atoms with Crippen molar-refractivity contribution in [2.24, 2.45) is 7.05 Å². The fourth-order valence-electron chi connectivity index (χ4n) is 2.36. The molecule has 5 heteroatoms. The van der Waals surface area contributed by atoms with E-state index in [1.54, 1.807) is 0 Å². The van der Waals surface area contributed by atoms with E-state index in [0.29, 0.717) is 24.6 Å². The number of ether oxygens (including phenoxy) is 1. The normalized spacial score (nSPS) is 10.3. The predicted molar refractivity (Wildman–Crippen MR) is 85.7 cm³/mol. The van der Waals surface area contributed by atoms with Crippen LogP contribution in [-0.4, -0.2) is 16.3 Å². The first-order valence-electron chi connectivity index (χ1n) is 7.26. The highest BCUT2D eigenvalue weighted by Gasteiger charge is 2.09. The number of aliphatic hydroxyl groups is 1. The van der Waals surface area contributed by atoms with Gasteiger partial charge in [-0.15, -0.1) is 0 Å². The summed E-state index contributed by atoms with van der Waals surface area (Å²) in [6, 6.07) is 9.74. The van der Waals surface area contributed by atoms with Crippen LogP contribution in [0.3, 0.4) is 0 Å². The predicted octanol–water partition coefficient (Wildman–Crippen LogP) is 2.71. The van der Waals surface area contributed by atoms with Gasteiger partial charge in [0.2, 0.25) is 0 Å². The highest BCUT2D eigenvalue weighted by Crippen LogP contribution is 2.24. The molecule has 0 radical (unpaired) electrons. The largest absolute Gasteiger partial charge is 0.494 e. The highest BCUT2D eigenvalue weighted by atomic mass is 16.5. The Hall–Kier alpha value is -2.45. The summed E-state index contributed by atoms with van der Waals surface area (Å²) in [6.45, 7) is 5.04. The van der Waals surface area contributed by atoms with Crippen LogP contribution in [0.5, 0.6) is 5.75 Å². The lowest BCUT2D eigenvalue weighted by Crippen LogP contribution is -2.03. The van der Waals surface area contributed by atoms with Crippen LogP contribution in [0.25, 0.3) is 0 Å². The summed E-state index contributed by atoms with van der Waals surface area (Å²) < 4.78 is 7.35. The molecule has 0 saturated carbocycles. The molecule has 5 nitrogen and oxygen atoms in total. The Morgan fingerprint density at radius 1 is 1.32 bits per heavy atom. The van der Waals surface area contributed by atoms with Gasteiger partial charge in [0.25, 0.3) is 0 Å². The third-order valence-corrected chi connectivity index (χ3v) is 3.77. The number of nitrogens with zero attached hydrogens (tertiary/aromatic N) is 2. The Morgan fingerprint density at radius 3 is 2.68 bits per heavy atom. The summed E-state index contributed by atoms with van der Waals surface area (Å²) in [4.78, 5) is 0. The molecule has 0 fully saturated rings. The van der Waals surface area contributed by atoms with Gasteiger partial charge in [-0.25, -0.2) is 0 Å². The van der Waals surface area contributed by atoms with E-state index in [2.05, 4.69) is 11.4 Å². The van der Waals surface area contributed by atoms with Crippen molar-refractivity contribution in [1.29, 1.82) is 5.26 Å². The lowest BCUT2D eigenvalue weighted by molar-refractivity contribution is 0.267. The molecule has 0 aliphatic carbocycles. The van der Waals surface area contributed by atoms with Gasteiger partial charge in [0.05, 0.1) is 13.2 Å². The summed E-state index contributed by atoms with van der Waals surface area (Å²) in [5, 5.41) is 21.8. The molecule has 0 atom stereocenters. The minimum Gasteiger partial charge on any atom is -0.494 e. The molecule has 0 amide bonds. The third-order valence-electron chi connectivity index (χ3n) is 3.77. The van der Waals surface area contributed by atoms with Crippen LogP contribution in [0, 0.1) is 18.3 Å². The molecular weight excluding hydrogens is 278 g/mol. The van der Waals surface area contributed by atoms with Gasteiger partial charge in [-0.3, -0.25) is 0 Å². The van der Waals surface area contributed by atoms with E-state index >= 15 is 0 Å². The lowest BCUT2D eigenvalue weighted by Gasteiger charge is -2.12. The van der Waals surface area contributed by atoms with Gasteiger partial charge in [0.1, 0.15) is 17.5 Å². The second kappa shape index (κ2) is 7.01. The Balaban J connectivity index is 2.13. The van der Waals surface area contributed by atoms with Gasteiger partial charge in [-0.05, 0) is 43.7 Å². The van der Waals surface area contributed by atoms with Gasteiger partial charge >= 0.3 is 0 Å². The number of hydrogen-bond donors (Lipinski definition) is 2. The summed E-state index contributed by atoms with van der Waals surface area (Å²) in [7, 11) is 1.89. The molecule has 1 heterocycles. The number of nitrogens with one attached hydrogen (secondary N) is 1. The number of rotatable bonds is 6. The van der Waals surface area contributed by atoms with Crippen molar-refractivity contribution in [3.63, 3.8) is 0 Å². The Bertz CT molecular complexity index is 699. The van der Waals surface area contributed by atoms with Crippen molar-refractivity contribution in [2.75, 3.05) is 11.9 Å². The molecule has 0 unspecified atom stereocenters. The standard InChI is InChI=1S/C17H21N3O2/c1-4-22-17-6-5-15(7-14(17)11-21)19-10-13-8-16(9-18)20(3)12(13)2/h5-8,19,21H,4,10-11H2,1-3H3. The van der Waals surface area contributed by atoms with Crippen molar-refractivity contribution >= 4 is 5.69 Å². The summed E-state index contributed by atoms with van der Waals surface area (Å²) in [6.07, 6.45) is 0. The number of anilines is 1. The molecule has 0 aliphatic heterocycles. The third kappa shape index (κ3) is 3.23. The second-order valence-corrected chi connectivity index (χ2v) is 5.08. The maximum Gasteiger partial charge on any atom is 0.124 e. The van der Waals surface area contributed by atoms with Crippen molar-refractivity contribution in [3.8, 4) is 11.8 Å². The number of hydrogen-bond acceptors (Lipinski definition) is 4. The minimum atomic E-state index is -0.0617. The summed E-state index contributed by atoms with van der Waals surface area (Å²) >= 11 is 0. The molecule has 22 heavy (non-hydrogen) atoms. The zero-order chi connectivity index (χ0) is 16.1. The van der Waals surface area contributed by atoms with Crippen LogP contribution in [0.15, 0.2) is 24.3 Å². The van der Waals surface area contributed by atoms with Crippen LogP contribution >= 0.6 is 0 Å². The molecule has 0 spiro atoms. The molecular formula is C17H21N3O2. The molecule has 2 aromatic rings. The smallest absolute Gasteiger partial charge is 0.124 e. The van der Waals surface area contributed by atoms with Crippen molar-refractivity contribution < 1.29 is 9.84 Å².